The van der Waals surface area contributed by atoms with E-state index in [4.69, 9.17) is 5.73 Å². The van der Waals surface area contributed by atoms with Crippen molar-refractivity contribution in [1.82, 2.24) is 20.0 Å². The Morgan fingerprint density at radius 2 is 2.05 bits per heavy atom. The third-order valence-corrected chi connectivity index (χ3v) is 2.87. The lowest BCUT2D eigenvalue weighted by molar-refractivity contribution is -0.122. The predicted octanol–water partition coefficient (Wildman–Crippen LogP) is 0.161. The first-order valence-corrected chi connectivity index (χ1v) is 6.64. The van der Waals surface area contributed by atoms with Crippen LogP contribution in [0.1, 0.15) is 37.0 Å². The Bertz CT molecular complexity index is 507. The second-order valence-electron chi connectivity index (χ2n) is 5.07. The molecule has 0 saturated carbocycles. The topological polar surface area (TPSA) is 93.2 Å². The standard InChI is InChI=1S/C13H23N5O2/c1-6-9-11(14)12(18(5)16-9)13(20)17(4)7-10(19)15-8(2)3/h8H,6-7,14H2,1-5H3,(H,15,19). The van der Waals surface area contributed by atoms with E-state index in [1.807, 2.05) is 20.8 Å². The largest absolute Gasteiger partial charge is 0.395 e. The van der Waals surface area contributed by atoms with Crippen molar-refractivity contribution in [1.29, 1.82) is 0 Å². The van der Waals surface area contributed by atoms with Gasteiger partial charge >= 0.3 is 0 Å². The molecule has 0 atom stereocenters. The third kappa shape index (κ3) is 3.49. The number of nitrogens with one attached hydrogen (secondary N) is 1. The van der Waals surface area contributed by atoms with Crippen molar-refractivity contribution < 1.29 is 9.59 Å². The highest BCUT2D eigenvalue weighted by atomic mass is 16.2. The minimum Gasteiger partial charge on any atom is -0.395 e. The van der Waals surface area contributed by atoms with Crippen molar-refractivity contribution in [3.05, 3.63) is 11.4 Å². The molecule has 1 rings (SSSR count). The fraction of sp³-hybridized carbons (Fsp3) is 0.615. The number of nitrogen functional groups attached to an aromatic ring is 1. The second kappa shape index (κ2) is 6.40. The smallest absolute Gasteiger partial charge is 0.274 e. The van der Waals surface area contributed by atoms with Crippen LogP contribution in [0.4, 0.5) is 5.69 Å². The molecule has 0 aliphatic carbocycles. The van der Waals surface area contributed by atoms with E-state index in [1.54, 1.807) is 14.1 Å². The van der Waals surface area contributed by atoms with Gasteiger partial charge in [-0.2, -0.15) is 5.10 Å². The number of nitrogens with two attached hydrogens (primary N) is 1. The van der Waals surface area contributed by atoms with E-state index in [0.29, 0.717) is 23.5 Å². The zero-order chi connectivity index (χ0) is 15.4. The number of aromatic nitrogens is 2. The summed E-state index contributed by atoms with van der Waals surface area (Å²) in [6, 6.07) is 0.0412. The van der Waals surface area contributed by atoms with E-state index < -0.39 is 0 Å². The lowest BCUT2D eigenvalue weighted by Gasteiger charge is -2.18. The average molecular weight is 281 g/mol. The van der Waals surface area contributed by atoms with Crippen LogP contribution in [-0.2, 0) is 18.3 Å². The highest BCUT2D eigenvalue weighted by Crippen LogP contribution is 2.18. The Balaban J connectivity index is 2.84. The molecule has 7 nitrogen and oxygen atoms in total. The van der Waals surface area contributed by atoms with Gasteiger partial charge in [-0.05, 0) is 20.3 Å². The van der Waals surface area contributed by atoms with Crippen LogP contribution in [-0.4, -0.2) is 46.1 Å². The molecule has 0 aromatic carbocycles. The highest BCUT2D eigenvalue weighted by molar-refractivity contribution is 5.99. The van der Waals surface area contributed by atoms with Crippen LogP contribution in [0.3, 0.4) is 0 Å². The van der Waals surface area contributed by atoms with E-state index in [-0.39, 0.29) is 24.4 Å². The van der Waals surface area contributed by atoms with Crippen LogP contribution in [0.25, 0.3) is 0 Å². The first kappa shape index (κ1) is 16.0. The summed E-state index contributed by atoms with van der Waals surface area (Å²) >= 11 is 0. The molecule has 112 valence electrons. The Labute approximate surface area is 119 Å². The van der Waals surface area contributed by atoms with Gasteiger partial charge in [-0.1, -0.05) is 6.92 Å². The number of amides is 2. The summed E-state index contributed by atoms with van der Waals surface area (Å²) in [5.41, 5.74) is 7.33. The summed E-state index contributed by atoms with van der Waals surface area (Å²) in [5, 5.41) is 6.94. The number of carbonyl (C=O) groups is 2. The van der Waals surface area contributed by atoms with E-state index in [9.17, 15) is 9.59 Å². The first-order chi connectivity index (χ1) is 9.27. The van der Waals surface area contributed by atoms with Gasteiger partial charge in [0, 0.05) is 20.1 Å². The SMILES string of the molecule is CCc1nn(C)c(C(=O)N(C)CC(=O)NC(C)C)c1N. The first-order valence-electron chi connectivity index (χ1n) is 6.64. The fourth-order valence-corrected chi connectivity index (χ4v) is 1.95. The molecule has 1 aromatic rings. The molecule has 0 spiro atoms. The van der Waals surface area contributed by atoms with E-state index in [1.165, 1.54) is 9.58 Å². The molecule has 2 amide bonds. The summed E-state index contributed by atoms with van der Waals surface area (Å²) in [7, 11) is 3.24. The number of rotatable bonds is 5. The maximum atomic E-state index is 12.3. The molecular formula is C13H23N5O2. The number of nitrogens with zero attached hydrogens (tertiary/aromatic N) is 3. The number of hydrogen-bond donors (Lipinski definition) is 2. The average Bonchev–Trinajstić information content (AvgIpc) is 2.62. The Morgan fingerprint density at radius 3 is 2.50 bits per heavy atom. The summed E-state index contributed by atoms with van der Waals surface area (Å²) in [6.45, 7) is 5.65. The van der Waals surface area contributed by atoms with Gasteiger partial charge < -0.3 is 16.0 Å². The van der Waals surface area contributed by atoms with Gasteiger partial charge in [0.1, 0.15) is 5.69 Å². The summed E-state index contributed by atoms with van der Waals surface area (Å²) < 4.78 is 1.47. The highest BCUT2D eigenvalue weighted by Gasteiger charge is 2.23. The fourth-order valence-electron chi connectivity index (χ4n) is 1.95. The molecule has 0 saturated heterocycles. The van der Waals surface area contributed by atoms with Crippen molar-refractivity contribution in [2.45, 2.75) is 33.2 Å². The Hall–Kier alpha value is -2.05. The lowest BCUT2D eigenvalue weighted by atomic mass is 10.2. The van der Waals surface area contributed by atoms with Gasteiger partial charge in [0.2, 0.25) is 5.91 Å². The molecule has 0 radical (unpaired) electrons. The molecule has 1 heterocycles. The van der Waals surface area contributed by atoms with Crippen LogP contribution in [0, 0.1) is 0 Å². The summed E-state index contributed by atoms with van der Waals surface area (Å²) in [4.78, 5) is 25.4. The van der Waals surface area contributed by atoms with Crippen LogP contribution >= 0.6 is 0 Å². The molecule has 0 aliphatic heterocycles. The molecule has 7 heteroatoms. The van der Waals surface area contributed by atoms with Gasteiger partial charge in [0.05, 0.1) is 17.9 Å². The number of hydrogen-bond acceptors (Lipinski definition) is 4. The van der Waals surface area contributed by atoms with E-state index in [2.05, 4.69) is 10.4 Å². The quantitative estimate of drug-likeness (QED) is 0.804. The van der Waals surface area contributed by atoms with Crippen molar-refractivity contribution in [3.8, 4) is 0 Å². The number of likely N-dealkylation sites (N-methyl/N-ethyl adjacent to an activating group) is 1. The molecular weight excluding hydrogens is 258 g/mol. The van der Waals surface area contributed by atoms with Gasteiger partial charge in [-0.15, -0.1) is 0 Å². The summed E-state index contributed by atoms with van der Waals surface area (Å²) in [5.74, 6) is -0.511. The van der Waals surface area contributed by atoms with Crippen molar-refractivity contribution in [3.63, 3.8) is 0 Å². The minimum absolute atomic E-state index is 0.0108. The lowest BCUT2D eigenvalue weighted by Crippen LogP contribution is -2.41. The zero-order valence-corrected chi connectivity index (χ0v) is 12.7. The van der Waals surface area contributed by atoms with Gasteiger partial charge in [0.15, 0.2) is 0 Å². The summed E-state index contributed by atoms with van der Waals surface area (Å²) in [6.07, 6.45) is 0.657. The molecule has 0 bridgehead atoms. The maximum absolute atomic E-state index is 12.3. The Morgan fingerprint density at radius 1 is 1.45 bits per heavy atom. The third-order valence-electron chi connectivity index (χ3n) is 2.87. The molecule has 0 unspecified atom stereocenters. The van der Waals surface area contributed by atoms with E-state index >= 15 is 0 Å². The number of anilines is 1. The van der Waals surface area contributed by atoms with Gasteiger partial charge in [-0.25, -0.2) is 0 Å². The van der Waals surface area contributed by atoms with Crippen LogP contribution in [0.5, 0.6) is 0 Å². The predicted molar refractivity (Wildman–Crippen MR) is 77.2 cm³/mol. The monoisotopic (exact) mass is 281 g/mol. The molecule has 0 fully saturated rings. The van der Waals surface area contributed by atoms with Crippen molar-refractivity contribution in [2.24, 2.45) is 7.05 Å². The van der Waals surface area contributed by atoms with Crippen LogP contribution in [0.2, 0.25) is 0 Å². The normalized spacial score (nSPS) is 10.7. The maximum Gasteiger partial charge on any atom is 0.274 e. The number of carbonyl (C=O) groups excluding carboxylic acids is 2. The molecule has 20 heavy (non-hydrogen) atoms. The minimum atomic E-state index is -0.309. The Kier molecular flexibility index (Phi) is 5.12. The van der Waals surface area contributed by atoms with E-state index in [0.717, 1.165) is 0 Å². The zero-order valence-electron chi connectivity index (χ0n) is 12.7. The van der Waals surface area contributed by atoms with Gasteiger partial charge in [-0.3, -0.25) is 14.3 Å². The second-order valence-corrected chi connectivity index (χ2v) is 5.07. The molecule has 1 aromatic heterocycles. The van der Waals surface area contributed by atoms with Crippen LogP contribution < -0.4 is 11.1 Å². The van der Waals surface area contributed by atoms with Crippen molar-refractivity contribution in [2.75, 3.05) is 19.3 Å². The van der Waals surface area contributed by atoms with Crippen molar-refractivity contribution >= 4 is 17.5 Å². The van der Waals surface area contributed by atoms with Crippen LogP contribution in [0.15, 0.2) is 0 Å². The molecule has 3 N–H and O–H groups in total. The number of aryl methyl sites for hydroxylation is 2. The molecule has 0 aliphatic rings. The van der Waals surface area contributed by atoms with Gasteiger partial charge in [0.25, 0.3) is 5.91 Å².